The van der Waals surface area contributed by atoms with E-state index in [1.807, 2.05) is 18.2 Å². The number of phenolic OH excluding ortho intramolecular Hbond substituents is 1. The number of carbonyl (C=O) groups excluding carboxylic acids is 1. The number of thioether (sulfide) groups is 1. The second-order valence-corrected chi connectivity index (χ2v) is 7.59. The van der Waals surface area contributed by atoms with Gasteiger partial charge in [0.25, 0.3) is 5.91 Å². The monoisotopic (exact) mass is 395 g/mol. The van der Waals surface area contributed by atoms with Crippen molar-refractivity contribution >= 4 is 34.6 Å². The molecule has 1 fully saturated rings. The molecule has 1 N–H and O–H groups in total. The summed E-state index contributed by atoms with van der Waals surface area (Å²) in [6.07, 6.45) is 1.77. The number of amides is 1. The maximum absolute atomic E-state index is 12.3. The number of ether oxygens (including phenoxy) is 1. The second-order valence-electron chi connectivity index (χ2n) is 6.58. The molecule has 1 saturated heterocycles. The van der Waals surface area contributed by atoms with Gasteiger partial charge in [-0.2, -0.15) is 4.99 Å². The van der Waals surface area contributed by atoms with Gasteiger partial charge in [0.05, 0.1) is 12.0 Å². The molecule has 2 aromatic rings. The molecule has 144 valence electrons. The van der Waals surface area contributed by atoms with Gasteiger partial charge in [-0.3, -0.25) is 4.79 Å². The summed E-state index contributed by atoms with van der Waals surface area (Å²) in [5, 5.41) is 10.3. The van der Waals surface area contributed by atoms with Crippen LogP contribution in [0.15, 0.2) is 58.4 Å². The lowest BCUT2D eigenvalue weighted by molar-refractivity contribution is -0.113. The van der Waals surface area contributed by atoms with Crippen molar-refractivity contribution in [1.82, 2.24) is 4.90 Å². The lowest BCUT2D eigenvalue weighted by atomic mass is 10.2. The summed E-state index contributed by atoms with van der Waals surface area (Å²) in [6, 6.07) is 14.9. The average molecular weight is 395 g/mol. The Balaban J connectivity index is 1.38. The first kappa shape index (κ1) is 18.4. The fraction of sp³-hybridized carbons (Fsp3) is 0.238. The van der Waals surface area contributed by atoms with Crippen LogP contribution in [0.3, 0.4) is 0 Å². The molecule has 0 radical (unpaired) electrons. The van der Waals surface area contributed by atoms with E-state index in [2.05, 4.69) is 26.9 Å². The maximum Gasteiger partial charge on any atom is 0.286 e. The molecule has 0 saturated carbocycles. The summed E-state index contributed by atoms with van der Waals surface area (Å²) < 4.78 is 5.21. The zero-order chi connectivity index (χ0) is 19.5. The van der Waals surface area contributed by atoms with Crippen LogP contribution in [0, 0.1) is 0 Å². The van der Waals surface area contributed by atoms with Gasteiger partial charge in [0.1, 0.15) is 11.5 Å². The first-order valence-electron chi connectivity index (χ1n) is 9.08. The van der Waals surface area contributed by atoms with Crippen molar-refractivity contribution in [2.24, 2.45) is 4.99 Å². The summed E-state index contributed by atoms with van der Waals surface area (Å²) in [6.45, 7) is 3.35. The summed E-state index contributed by atoms with van der Waals surface area (Å²) in [5.74, 6) is 0.810. The highest BCUT2D eigenvalue weighted by Crippen LogP contribution is 2.31. The van der Waals surface area contributed by atoms with Crippen LogP contribution in [0.1, 0.15) is 5.56 Å². The van der Waals surface area contributed by atoms with Gasteiger partial charge in [-0.25, -0.2) is 0 Å². The smallest absolute Gasteiger partial charge is 0.286 e. The summed E-state index contributed by atoms with van der Waals surface area (Å²) >= 11 is 1.40. The lowest BCUT2D eigenvalue weighted by Gasteiger charge is -2.36. The van der Waals surface area contributed by atoms with E-state index < -0.39 is 0 Å². The Kier molecular flexibility index (Phi) is 5.25. The van der Waals surface area contributed by atoms with Gasteiger partial charge in [0.2, 0.25) is 0 Å². The standard InChI is InChI=1S/C21H21N3O3S/c1-27-18-7-5-16(6-8-18)23-9-11-24(12-10-23)21-22-20(26)19(28-21)14-15-3-2-4-17(25)13-15/h2-8,13-14,25H,9-12H2,1H3/b19-14-. The molecule has 0 spiro atoms. The number of carbonyl (C=O) groups is 1. The Bertz CT molecular complexity index is 932. The minimum Gasteiger partial charge on any atom is -0.508 e. The molecular formula is C21H21N3O3S. The molecule has 0 bridgehead atoms. The fourth-order valence-corrected chi connectivity index (χ4v) is 4.21. The van der Waals surface area contributed by atoms with Crippen molar-refractivity contribution in [2.45, 2.75) is 0 Å². The lowest BCUT2D eigenvalue weighted by Crippen LogP contribution is -2.47. The number of aliphatic imine (C=N–C) groups is 1. The van der Waals surface area contributed by atoms with E-state index in [0.29, 0.717) is 4.91 Å². The van der Waals surface area contributed by atoms with Gasteiger partial charge in [-0.1, -0.05) is 12.1 Å². The quantitative estimate of drug-likeness (QED) is 0.806. The van der Waals surface area contributed by atoms with E-state index in [4.69, 9.17) is 4.74 Å². The largest absolute Gasteiger partial charge is 0.508 e. The fourth-order valence-electron chi connectivity index (χ4n) is 3.25. The third kappa shape index (κ3) is 3.99. The van der Waals surface area contributed by atoms with Gasteiger partial charge < -0.3 is 19.6 Å². The highest BCUT2D eigenvalue weighted by Gasteiger charge is 2.28. The number of anilines is 1. The molecule has 2 aliphatic rings. The Morgan fingerprint density at radius 1 is 1.07 bits per heavy atom. The number of rotatable bonds is 3. The number of hydrogen-bond donors (Lipinski definition) is 1. The van der Waals surface area contributed by atoms with E-state index in [1.165, 1.54) is 17.4 Å². The van der Waals surface area contributed by atoms with Crippen LogP contribution in [0.4, 0.5) is 5.69 Å². The number of aromatic hydroxyl groups is 1. The highest BCUT2D eigenvalue weighted by molar-refractivity contribution is 8.18. The number of amidine groups is 1. The van der Waals surface area contributed by atoms with Gasteiger partial charge in [-0.15, -0.1) is 0 Å². The molecule has 0 atom stereocenters. The van der Waals surface area contributed by atoms with E-state index >= 15 is 0 Å². The minimum absolute atomic E-state index is 0.181. The van der Waals surface area contributed by atoms with Crippen LogP contribution >= 0.6 is 11.8 Å². The normalized spacial score (nSPS) is 18.5. The van der Waals surface area contributed by atoms with Gasteiger partial charge in [0, 0.05) is 31.9 Å². The second kappa shape index (κ2) is 7.98. The average Bonchev–Trinajstić information content (AvgIpc) is 3.08. The predicted octanol–water partition coefficient (Wildman–Crippen LogP) is 3.19. The van der Waals surface area contributed by atoms with Crippen LogP contribution in [0.25, 0.3) is 6.08 Å². The molecule has 2 aliphatic heterocycles. The molecule has 7 heteroatoms. The third-order valence-corrected chi connectivity index (χ3v) is 5.81. The Morgan fingerprint density at radius 2 is 1.79 bits per heavy atom. The summed E-state index contributed by atoms with van der Waals surface area (Å²) in [7, 11) is 1.66. The van der Waals surface area contributed by atoms with Crippen molar-refractivity contribution in [3.8, 4) is 11.5 Å². The topological polar surface area (TPSA) is 65.4 Å². The number of nitrogens with zero attached hydrogens (tertiary/aromatic N) is 3. The first-order chi connectivity index (χ1) is 13.6. The third-order valence-electron chi connectivity index (χ3n) is 4.76. The van der Waals surface area contributed by atoms with Crippen molar-refractivity contribution in [2.75, 3.05) is 38.2 Å². The van der Waals surface area contributed by atoms with Crippen molar-refractivity contribution in [3.63, 3.8) is 0 Å². The summed E-state index contributed by atoms with van der Waals surface area (Å²) in [4.78, 5) is 21.6. The molecule has 0 unspecified atom stereocenters. The number of benzene rings is 2. The summed E-state index contributed by atoms with van der Waals surface area (Å²) in [5.41, 5.74) is 1.96. The number of piperazine rings is 1. The molecule has 2 aromatic carbocycles. The van der Waals surface area contributed by atoms with Crippen LogP contribution in [0.5, 0.6) is 11.5 Å². The van der Waals surface area contributed by atoms with E-state index in [1.54, 1.807) is 31.4 Å². The number of hydrogen-bond acceptors (Lipinski definition) is 6. The molecule has 2 heterocycles. The van der Waals surface area contributed by atoms with Gasteiger partial charge in [-0.05, 0) is 59.8 Å². The molecule has 6 nitrogen and oxygen atoms in total. The molecule has 4 rings (SSSR count). The minimum atomic E-state index is -0.221. The molecule has 0 aromatic heterocycles. The van der Waals surface area contributed by atoms with Gasteiger partial charge in [0.15, 0.2) is 5.17 Å². The Morgan fingerprint density at radius 3 is 2.46 bits per heavy atom. The molecule has 0 aliphatic carbocycles. The predicted molar refractivity (Wildman–Crippen MR) is 113 cm³/mol. The maximum atomic E-state index is 12.3. The van der Waals surface area contributed by atoms with Gasteiger partial charge >= 0.3 is 0 Å². The first-order valence-corrected chi connectivity index (χ1v) is 9.89. The Labute approximate surface area is 168 Å². The van der Waals surface area contributed by atoms with Crippen molar-refractivity contribution < 1.29 is 14.6 Å². The molecule has 28 heavy (non-hydrogen) atoms. The van der Waals surface area contributed by atoms with E-state index in [-0.39, 0.29) is 11.7 Å². The number of phenols is 1. The van der Waals surface area contributed by atoms with Crippen LogP contribution in [-0.2, 0) is 4.79 Å². The van der Waals surface area contributed by atoms with E-state index in [9.17, 15) is 9.90 Å². The Hall–Kier alpha value is -2.93. The van der Waals surface area contributed by atoms with Crippen molar-refractivity contribution in [1.29, 1.82) is 0 Å². The van der Waals surface area contributed by atoms with Crippen LogP contribution < -0.4 is 9.64 Å². The molecule has 1 amide bonds. The van der Waals surface area contributed by atoms with Crippen LogP contribution in [0.2, 0.25) is 0 Å². The molecular weight excluding hydrogens is 374 g/mol. The van der Waals surface area contributed by atoms with Crippen molar-refractivity contribution in [3.05, 3.63) is 59.0 Å². The van der Waals surface area contributed by atoms with E-state index in [0.717, 1.165) is 42.7 Å². The zero-order valence-corrected chi connectivity index (χ0v) is 16.4. The SMILES string of the molecule is COc1ccc(N2CCN(C3=NC(=O)/C(=C/c4cccc(O)c4)S3)CC2)cc1. The zero-order valence-electron chi connectivity index (χ0n) is 15.5. The number of methoxy groups -OCH3 is 1. The van der Waals surface area contributed by atoms with Crippen LogP contribution in [-0.4, -0.2) is 54.4 Å². The highest BCUT2D eigenvalue weighted by atomic mass is 32.2.